The van der Waals surface area contributed by atoms with Crippen LogP contribution in [0.2, 0.25) is 0 Å². The Kier molecular flexibility index (Phi) is 5.22. The number of aromatic nitrogens is 2. The molecule has 0 atom stereocenters. The zero-order valence-corrected chi connectivity index (χ0v) is 13.1. The topological polar surface area (TPSA) is 48.3 Å². The second-order valence-corrected chi connectivity index (χ2v) is 4.91. The number of aryl methyl sites for hydroxylation is 2. The smallest absolute Gasteiger partial charge is 0.123 e. The van der Waals surface area contributed by atoms with Gasteiger partial charge in [0.15, 0.2) is 0 Å². The maximum atomic E-state index is 5.38. The van der Waals surface area contributed by atoms with E-state index in [1.807, 2.05) is 29.9 Å². The van der Waals surface area contributed by atoms with Gasteiger partial charge in [-0.25, -0.2) is 0 Å². The van der Waals surface area contributed by atoms with Crippen LogP contribution < -0.4 is 14.8 Å². The lowest BCUT2D eigenvalue weighted by atomic mass is 10.1. The lowest BCUT2D eigenvalue weighted by Gasteiger charge is -2.11. The van der Waals surface area contributed by atoms with Crippen LogP contribution in [0.1, 0.15) is 23.7 Å². The molecular formula is C16H23N3O2. The number of benzene rings is 1. The standard InChI is InChI=1S/C16H23N3O2/c1-5-15-13(11-19(2)18-15)10-17-9-12-8-14(20-3)6-7-16(12)21-4/h6-8,11,17H,5,9-10H2,1-4H3. The molecule has 0 aliphatic carbocycles. The summed E-state index contributed by atoms with van der Waals surface area (Å²) in [6, 6.07) is 5.83. The molecule has 0 spiro atoms. The Morgan fingerprint density at radius 1 is 1.14 bits per heavy atom. The highest BCUT2D eigenvalue weighted by Gasteiger charge is 2.07. The van der Waals surface area contributed by atoms with Crippen LogP contribution in [0.25, 0.3) is 0 Å². The van der Waals surface area contributed by atoms with Crippen LogP contribution in [0.5, 0.6) is 11.5 Å². The molecule has 2 aromatic rings. The molecule has 0 bridgehead atoms. The molecule has 114 valence electrons. The second kappa shape index (κ2) is 7.13. The molecular weight excluding hydrogens is 266 g/mol. The summed E-state index contributed by atoms with van der Waals surface area (Å²) in [7, 11) is 5.30. The Balaban J connectivity index is 2.02. The molecule has 5 heteroatoms. The Hall–Kier alpha value is -2.01. The van der Waals surface area contributed by atoms with E-state index in [0.717, 1.165) is 42.3 Å². The predicted molar refractivity (Wildman–Crippen MR) is 82.7 cm³/mol. The van der Waals surface area contributed by atoms with Crippen molar-refractivity contribution in [2.45, 2.75) is 26.4 Å². The summed E-state index contributed by atoms with van der Waals surface area (Å²) in [5.41, 5.74) is 3.46. The number of hydrogen-bond donors (Lipinski definition) is 1. The Bertz CT molecular complexity index is 593. The highest BCUT2D eigenvalue weighted by Crippen LogP contribution is 2.23. The minimum atomic E-state index is 0.721. The molecule has 0 saturated carbocycles. The molecule has 0 aliphatic heterocycles. The van der Waals surface area contributed by atoms with E-state index < -0.39 is 0 Å². The van der Waals surface area contributed by atoms with Crippen molar-refractivity contribution < 1.29 is 9.47 Å². The molecule has 0 fully saturated rings. The number of hydrogen-bond acceptors (Lipinski definition) is 4. The van der Waals surface area contributed by atoms with E-state index in [2.05, 4.69) is 23.5 Å². The highest BCUT2D eigenvalue weighted by molar-refractivity contribution is 5.40. The van der Waals surface area contributed by atoms with Crippen LogP contribution in [0.4, 0.5) is 0 Å². The lowest BCUT2D eigenvalue weighted by Crippen LogP contribution is -2.14. The molecule has 0 unspecified atom stereocenters. The van der Waals surface area contributed by atoms with Gasteiger partial charge in [0.25, 0.3) is 0 Å². The van der Waals surface area contributed by atoms with E-state index in [0.29, 0.717) is 0 Å². The first kappa shape index (κ1) is 15.4. The molecule has 21 heavy (non-hydrogen) atoms. The summed E-state index contributed by atoms with van der Waals surface area (Å²) in [4.78, 5) is 0. The van der Waals surface area contributed by atoms with E-state index in [1.54, 1.807) is 14.2 Å². The van der Waals surface area contributed by atoms with Crippen LogP contribution in [0.3, 0.4) is 0 Å². The number of rotatable bonds is 7. The first-order valence-corrected chi connectivity index (χ1v) is 7.11. The van der Waals surface area contributed by atoms with Crippen molar-refractivity contribution in [3.8, 4) is 11.5 Å². The quantitative estimate of drug-likeness (QED) is 0.849. The minimum Gasteiger partial charge on any atom is -0.497 e. The van der Waals surface area contributed by atoms with Gasteiger partial charge in [-0.1, -0.05) is 6.92 Å². The van der Waals surface area contributed by atoms with Gasteiger partial charge in [0.2, 0.25) is 0 Å². The van der Waals surface area contributed by atoms with Crippen molar-refractivity contribution in [3.05, 3.63) is 41.2 Å². The molecule has 0 radical (unpaired) electrons. The average Bonchev–Trinajstić information content (AvgIpc) is 2.87. The summed E-state index contributed by atoms with van der Waals surface area (Å²) < 4.78 is 12.5. The molecule has 0 saturated heterocycles. The van der Waals surface area contributed by atoms with Crippen molar-refractivity contribution >= 4 is 0 Å². The first-order chi connectivity index (χ1) is 10.2. The predicted octanol–water partition coefficient (Wildman–Crippen LogP) is 2.29. The fourth-order valence-corrected chi connectivity index (χ4v) is 2.38. The van der Waals surface area contributed by atoms with Crippen LogP contribution >= 0.6 is 0 Å². The summed E-state index contributed by atoms with van der Waals surface area (Å²) in [5.74, 6) is 1.70. The summed E-state index contributed by atoms with van der Waals surface area (Å²) >= 11 is 0. The van der Waals surface area contributed by atoms with E-state index >= 15 is 0 Å². The molecule has 2 rings (SSSR count). The summed E-state index contributed by atoms with van der Waals surface area (Å²) in [5, 5.41) is 7.89. The average molecular weight is 289 g/mol. The largest absolute Gasteiger partial charge is 0.497 e. The van der Waals surface area contributed by atoms with Gasteiger partial charge in [-0.15, -0.1) is 0 Å². The number of nitrogens with zero attached hydrogens (tertiary/aromatic N) is 2. The fraction of sp³-hybridized carbons (Fsp3) is 0.438. The summed E-state index contributed by atoms with van der Waals surface area (Å²) in [6.45, 7) is 3.63. The van der Waals surface area contributed by atoms with Crippen molar-refractivity contribution in [2.24, 2.45) is 7.05 Å². The minimum absolute atomic E-state index is 0.721. The van der Waals surface area contributed by atoms with Crippen molar-refractivity contribution in [1.29, 1.82) is 0 Å². The van der Waals surface area contributed by atoms with E-state index in [4.69, 9.17) is 9.47 Å². The van der Waals surface area contributed by atoms with Crippen molar-refractivity contribution in [1.82, 2.24) is 15.1 Å². The first-order valence-electron chi connectivity index (χ1n) is 7.11. The number of nitrogens with one attached hydrogen (secondary N) is 1. The fourth-order valence-electron chi connectivity index (χ4n) is 2.38. The van der Waals surface area contributed by atoms with Gasteiger partial charge in [0, 0.05) is 37.5 Å². The van der Waals surface area contributed by atoms with Gasteiger partial charge >= 0.3 is 0 Å². The maximum Gasteiger partial charge on any atom is 0.123 e. The Morgan fingerprint density at radius 3 is 2.57 bits per heavy atom. The van der Waals surface area contributed by atoms with Gasteiger partial charge in [0.05, 0.1) is 19.9 Å². The van der Waals surface area contributed by atoms with Crippen LogP contribution in [-0.4, -0.2) is 24.0 Å². The molecule has 1 heterocycles. The van der Waals surface area contributed by atoms with E-state index in [9.17, 15) is 0 Å². The van der Waals surface area contributed by atoms with E-state index in [1.165, 1.54) is 5.56 Å². The SMILES string of the molecule is CCc1nn(C)cc1CNCc1cc(OC)ccc1OC. The number of ether oxygens (including phenoxy) is 2. The number of methoxy groups -OCH3 is 2. The van der Waals surface area contributed by atoms with Crippen LogP contribution in [-0.2, 0) is 26.6 Å². The molecule has 0 amide bonds. The van der Waals surface area contributed by atoms with Crippen molar-refractivity contribution in [3.63, 3.8) is 0 Å². The van der Waals surface area contributed by atoms with Gasteiger partial charge in [-0.3, -0.25) is 4.68 Å². The zero-order chi connectivity index (χ0) is 15.2. The lowest BCUT2D eigenvalue weighted by molar-refractivity contribution is 0.397. The van der Waals surface area contributed by atoms with Gasteiger partial charge in [-0.05, 0) is 24.6 Å². The molecule has 0 aliphatic rings. The summed E-state index contributed by atoms with van der Waals surface area (Å²) in [6.07, 6.45) is 3.01. The van der Waals surface area contributed by atoms with Crippen LogP contribution in [0, 0.1) is 0 Å². The zero-order valence-electron chi connectivity index (χ0n) is 13.1. The molecule has 5 nitrogen and oxygen atoms in total. The third-order valence-corrected chi connectivity index (χ3v) is 3.45. The maximum absolute atomic E-state index is 5.38. The van der Waals surface area contributed by atoms with Gasteiger partial charge < -0.3 is 14.8 Å². The Morgan fingerprint density at radius 2 is 1.90 bits per heavy atom. The molecule has 1 aromatic heterocycles. The van der Waals surface area contributed by atoms with Gasteiger partial charge in [0.1, 0.15) is 11.5 Å². The van der Waals surface area contributed by atoms with Crippen molar-refractivity contribution in [2.75, 3.05) is 14.2 Å². The van der Waals surface area contributed by atoms with Crippen LogP contribution in [0.15, 0.2) is 24.4 Å². The normalized spacial score (nSPS) is 10.7. The molecule has 1 N–H and O–H groups in total. The monoisotopic (exact) mass is 289 g/mol. The Labute approximate surface area is 125 Å². The second-order valence-electron chi connectivity index (χ2n) is 4.91. The van der Waals surface area contributed by atoms with Gasteiger partial charge in [-0.2, -0.15) is 5.10 Å². The van der Waals surface area contributed by atoms with E-state index in [-0.39, 0.29) is 0 Å². The highest BCUT2D eigenvalue weighted by atomic mass is 16.5. The third kappa shape index (κ3) is 3.76. The molecule has 1 aromatic carbocycles. The third-order valence-electron chi connectivity index (χ3n) is 3.45.